The Bertz CT molecular complexity index is 385. The van der Waals surface area contributed by atoms with E-state index in [9.17, 15) is 0 Å². The lowest BCUT2D eigenvalue weighted by atomic mass is 10.1. The van der Waals surface area contributed by atoms with Crippen LogP contribution in [0.15, 0.2) is 42.3 Å². The van der Waals surface area contributed by atoms with E-state index in [1.807, 2.05) is 25.1 Å². The van der Waals surface area contributed by atoms with Crippen molar-refractivity contribution in [1.29, 1.82) is 0 Å². The van der Waals surface area contributed by atoms with Gasteiger partial charge in [-0.15, -0.1) is 0 Å². The summed E-state index contributed by atoms with van der Waals surface area (Å²) in [4.78, 5) is 0. The van der Waals surface area contributed by atoms with Crippen molar-refractivity contribution in [3.63, 3.8) is 0 Å². The quantitative estimate of drug-likeness (QED) is 0.640. The summed E-state index contributed by atoms with van der Waals surface area (Å²) in [6.45, 7) is 2.52. The summed E-state index contributed by atoms with van der Waals surface area (Å²) >= 11 is 4.39. The maximum absolute atomic E-state index is 5.45. The van der Waals surface area contributed by atoms with Gasteiger partial charge in [-0.05, 0) is 12.5 Å². The van der Waals surface area contributed by atoms with Crippen molar-refractivity contribution >= 4 is 19.3 Å². The van der Waals surface area contributed by atoms with E-state index in [1.54, 1.807) is 6.26 Å². The molecule has 0 fully saturated rings. The van der Waals surface area contributed by atoms with Crippen LogP contribution in [-0.4, -0.2) is 6.61 Å². The van der Waals surface area contributed by atoms with Gasteiger partial charge in [0.15, 0.2) is 6.26 Å². The Balaban J connectivity index is 1.94. The third kappa shape index (κ3) is 2.91. The fourth-order valence-electron chi connectivity index (χ4n) is 1.50. The molecule has 0 amide bonds. The van der Waals surface area contributed by atoms with E-state index in [0.717, 1.165) is 12.1 Å². The minimum Gasteiger partial charge on any atom is -0.287 e. The van der Waals surface area contributed by atoms with Crippen molar-refractivity contribution in [2.24, 2.45) is 0 Å². The molecular formula is C11H15NO2PS+. The first kappa shape index (κ1) is 11.8. The molecule has 1 heterocycles. The smallest absolute Gasteiger partial charge is 0.287 e. The number of rotatable bonds is 4. The summed E-state index contributed by atoms with van der Waals surface area (Å²) in [6.07, 6.45) is 2.53. The Hall–Kier alpha value is -0.700. The van der Waals surface area contributed by atoms with E-state index in [4.69, 9.17) is 9.05 Å². The number of thiol groups is 1. The Morgan fingerprint density at radius 1 is 1.38 bits per heavy atom. The molecule has 0 radical (unpaired) electrons. The average Bonchev–Trinajstić information content (AvgIpc) is 2.62. The highest BCUT2D eigenvalue weighted by molar-refractivity contribution is 8.48. The van der Waals surface area contributed by atoms with Crippen LogP contribution < -0.4 is 5.09 Å². The van der Waals surface area contributed by atoms with Crippen molar-refractivity contribution in [3.8, 4) is 0 Å². The summed E-state index contributed by atoms with van der Waals surface area (Å²) in [7, 11) is -2.16. The SMILES string of the molecule is CCO[P+]1(S)NC(Cc2ccccc2)=CO1. The molecule has 0 saturated carbocycles. The van der Waals surface area contributed by atoms with Gasteiger partial charge in [0.2, 0.25) is 0 Å². The largest absolute Gasteiger partial charge is 0.477 e. The van der Waals surface area contributed by atoms with Crippen LogP contribution in [-0.2, 0) is 15.5 Å². The minimum absolute atomic E-state index is 0.594. The van der Waals surface area contributed by atoms with E-state index in [0.29, 0.717) is 6.61 Å². The van der Waals surface area contributed by atoms with Gasteiger partial charge in [-0.2, -0.15) is 9.61 Å². The number of nitrogens with one attached hydrogen (secondary N) is 1. The lowest BCUT2D eigenvalue weighted by molar-refractivity contribution is 0.315. The van der Waals surface area contributed by atoms with Crippen LogP contribution in [0, 0.1) is 0 Å². The number of hydrogen-bond donors (Lipinski definition) is 2. The number of hydrogen-bond acceptors (Lipinski definition) is 4. The van der Waals surface area contributed by atoms with E-state index < -0.39 is 7.07 Å². The molecule has 16 heavy (non-hydrogen) atoms. The van der Waals surface area contributed by atoms with Gasteiger partial charge in [-0.3, -0.25) is 4.52 Å². The highest BCUT2D eigenvalue weighted by atomic mass is 32.7. The topological polar surface area (TPSA) is 30.5 Å². The van der Waals surface area contributed by atoms with Gasteiger partial charge in [-0.25, -0.2) is 0 Å². The predicted octanol–water partition coefficient (Wildman–Crippen LogP) is 3.33. The lowest BCUT2D eigenvalue weighted by Gasteiger charge is -2.10. The zero-order chi connectivity index (χ0) is 11.4. The predicted molar refractivity (Wildman–Crippen MR) is 70.0 cm³/mol. The van der Waals surface area contributed by atoms with E-state index in [-0.39, 0.29) is 0 Å². The molecule has 0 aromatic heterocycles. The van der Waals surface area contributed by atoms with Gasteiger partial charge in [0.1, 0.15) is 0 Å². The van der Waals surface area contributed by atoms with Crippen LogP contribution in [0.5, 0.6) is 0 Å². The summed E-state index contributed by atoms with van der Waals surface area (Å²) in [5.41, 5.74) is 2.26. The normalized spacial score (nSPS) is 23.5. The van der Waals surface area contributed by atoms with Gasteiger partial charge >= 0.3 is 7.07 Å². The van der Waals surface area contributed by atoms with Gasteiger partial charge in [0.05, 0.1) is 24.6 Å². The van der Waals surface area contributed by atoms with Crippen molar-refractivity contribution in [2.45, 2.75) is 13.3 Å². The van der Waals surface area contributed by atoms with E-state index in [2.05, 4.69) is 29.5 Å². The zero-order valence-corrected chi connectivity index (χ0v) is 10.9. The molecule has 1 N–H and O–H groups in total. The Labute approximate surface area is 102 Å². The van der Waals surface area contributed by atoms with Gasteiger partial charge in [0.25, 0.3) is 0 Å². The molecule has 1 aliphatic rings. The molecule has 0 saturated heterocycles. The molecular weight excluding hydrogens is 241 g/mol. The fraction of sp³-hybridized carbons (Fsp3) is 0.273. The van der Waals surface area contributed by atoms with Crippen LogP contribution in [0.2, 0.25) is 0 Å². The summed E-state index contributed by atoms with van der Waals surface area (Å²) < 4.78 is 10.9. The summed E-state index contributed by atoms with van der Waals surface area (Å²) in [6, 6.07) is 10.2. The highest BCUT2D eigenvalue weighted by Crippen LogP contribution is 2.65. The minimum atomic E-state index is -2.16. The standard InChI is InChI=1S/C11H15NO2PS/c1-2-13-15(16)12-11(9-14-15)8-10-6-4-3-5-7-10/h3-7,9,12,16H,2,8H2,1H3/q+1. The maximum Gasteiger partial charge on any atom is 0.477 e. The first-order chi connectivity index (χ1) is 7.72. The fourth-order valence-corrected chi connectivity index (χ4v) is 3.67. The third-order valence-corrected chi connectivity index (χ3v) is 4.66. The molecule has 2 rings (SSSR count). The monoisotopic (exact) mass is 256 g/mol. The molecule has 1 atom stereocenters. The van der Waals surface area contributed by atoms with Gasteiger partial charge < -0.3 is 0 Å². The average molecular weight is 256 g/mol. The summed E-state index contributed by atoms with van der Waals surface area (Å²) in [5, 5.41) is 3.21. The molecule has 0 aliphatic carbocycles. The number of allylic oxidation sites excluding steroid dienone is 1. The van der Waals surface area contributed by atoms with Crippen LogP contribution in [0.25, 0.3) is 0 Å². The van der Waals surface area contributed by atoms with Gasteiger partial charge in [-0.1, -0.05) is 30.3 Å². The van der Waals surface area contributed by atoms with Crippen LogP contribution >= 0.6 is 19.3 Å². The third-order valence-electron chi connectivity index (χ3n) is 2.16. The van der Waals surface area contributed by atoms with Crippen LogP contribution in [0.1, 0.15) is 12.5 Å². The Morgan fingerprint density at radius 3 is 2.81 bits per heavy atom. The van der Waals surface area contributed by atoms with E-state index in [1.165, 1.54) is 5.56 Å². The van der Waals surface area contributed by atoms with Crippen molar-refractivity contribution < 1.29 is 9.05 Å². The Kier molecular flexibility index (Phi) is 3.74. The van der Waals surface area contributed by atoms with Gasteiger partial charge in [0, 0.05) is 6.42 Å². The van der Waals surface area contributed by atoms with E-state index >= 15 is 0 Å². The molecule has 0 spiro atoms. The highest BCUT2D eigenvalue weighted by Gasteiger charge is 2.44. The second kappa shape index (κ2) is 5.09. The lowest BCUT2D eigenvalue weighted by Crippen LogP contribution is -2.10. The number of benzene rings is 1. The Morgan fingerprint density at radius 2 is 2.12 bits per heavy atom. The first-order valence-corrected chi connectivity index (χ1v) is 7.95. The first-order valence-electron chi connectivity index (χ1n) is 5.18. The molecule has 1 aromatic carbocycles. The molecule has 1 aromatic rings. The summed E-state index contributed by atoms with van der Waals surface area (Å²) in [5.74, 6) is 0. The van der Waals surface area contributed by atoms with Crippen LogP contribution in [0.3, 0.4) is 0 Å². The van der Waals surface area contributed by atoms with Crippen molar-refractivity contribution in [1.82, 2.24) is 5.09 Å². The van der Waals surface area contributed by atoms with Crippen molar-refractivity contribution in [2.75, 3.05) is 6.61 Å². The molecule has 0 bridgehead atoms. The second-order valence-electron chi connectivity index (χ2n) is 3.46. The zero-order valence-electron chi connectivity index (χ0n) is 9.09. The molecule has 3 nitrogen and oxygen atoms in total. The molecule has 5 heteroatoms. The van der Waals surface area contributed by atoms with Crippen LogP contribution in [0.4, 0.5) is 0 Å². The van der Waals surface area contributed by atoms with Crippen molar-refractivity contribution in [3.05, 3.63) is 47.9 Å². The maximum atomic E-state index is 5.45. The molecule has 86 valence electrons. The second-order valence-corrected chi connectivity index (χ2v) is 6.77. The molecule has 1 unspecified atom stereocenters. The molecule has 1 aliphatic heterocycles.